The van der Waals surface area contributed by atoms with Gasteiger partial charge in [-0.15, -0.1) is 0 Å². The molecule has 1 aromatic carbocycles. The molecule has 0 radical (unpaired) electrons. The van der Waals surface area contributed by atoms with E-state index in [-0.39, 0.29) is 5.56 Å². The summed E-state index contributed by atoms with van der Waals surface area (Å²) in [6.07, 6.45) is 2.87. The number of nitrogens with zero attached hydrogens (tertiary/aromatic N) is 1. The highest BCUT2D eigenvalue weighted by molar-refractivity contribution is 9.10. The minimum atomic E-state index is -3.89. The van der Waals surface area contributed by atoms with Crippen molar-refractivity contribution in [3.05, 3.63) is 69.3 Å². The number of pyridine rings is 1. The van der Waals surface area contributed by atoms with Gasteiger partial charge in [0.15, 0.2) is 0 Å². The second-order valence-electron chi connectivity index (χ2n) is 4.52. The molecule has 1 heterocycles. The standard InChI is InChI=1S/C15H13BrN2O3S/c1-11-5-6-13(14(16)10-11)15(19)18-22(20,21)9-7-12-4-2-3-8-17-12/h2-10H,1H3,(H,18,19)/b9-7+. The molecule has 22 heavy (non-hydrogen) atoms. The summed E-state index contributed by atoms with van der Waals surface area (Å²) in [4.78, 5) is 16.0. The maximum absolute atomic E-state index is 12.0. The van der Waals surface area contributed by atoms with E-state index in [0.29, 0.717) is 10.2 Å². The van der Waals surface area contributed by atoms with E-state index in [1.165, 1.54) is 6.08 Å². The molecule has 0 saturated heterocycles. The summed E-state index contributed by atoms with van der Waals surface area (Å²) in [7, 11) is -3.89. The lowest BCUT2D eigenvalue weighted by Crippen LogP contribution is -2.29. The van der Waals surface area contributed by atoms with Gasteiger partial charge in [0.2, 0.25) is 0 Å². The normalized spacial score (nSPS) is 11.5. The Morgan fingerprint density at radius 3 is 2.68 bits per heavy atom. The first kappa shape index (κ1) is 16.4. The molecule has 0 bridgehead atoms. The van der Waals surface area contributed by atoms with Crippen LogP contribution in [0.3, 0.4) is 0 Å². The molecule has 0 aliphatic rings. The molecule has 1 aromatic heterocycles. The summed E-state index contributed by atoms with van der Waals surface area (Å²) in [6, 6.07) is 10.2. The van der Waals surface area contributed by atoms with Crippen LogP contribution in [0.15, 0.2) is 52.5 Å². The third-order valence-electron chi connectivity index (χ3n) is 2.71. The van der Waals surface area contributed by atoms with Crippen molar-refractivity contribution < 1.29 is 13.2 Å². The average Bonchev–Trinajstić information content (AvgIpc) is 2.45. The molecule has 0 fully saturated rings. The van der Waals surface area contributed by atoms with E-state index in [1.54, 1.807) is 42.6 Å². The molecule has 0 aliphatic carbocycles. The Bertz CT molecular complexity index is 818. The lowest BCUT2D eigenvalue weighted by atomic mass is 10.1. The zero-order valence-corrected chi connectivity index (χ0v) is 14.1. The summed E-state index contributed by atoms with van der Waals surface area (Å²) >= 11 is 3.25. The molecule has 0 unspecified atom stereocenters. The fourth-order valence-corrected chi connectivity index (χ4v) is 3.08. The molecule has 1 amide bonds. The molecule has 114 valence electrons. The Morgan fingerprint density at radius 2 is 2.05 bits per heavy atom. The van der Waals surface area contributed by atoms with E-state index in [0.717, 1.165) is 11.0 Å². The Labute approximate surface area is 137 Å². The van der Waals surface area contributed by atoms with E-state index in [1.807, 2.05) is 11.6 Å². The van der Waals surface area contributed by atoms with Crippen LogP contribution in [0.2, 0.25) is 0 Å². The Hall–Kier alpha value is -1.99. The van der Waals surface area contributed by atoms with Crippen molar-refractivity contribution in [2.24, 2.45) is 0 Å². The van der Waals surface area contributed by atoms with Crippen LogP contribution < -0.4 is 4.72 Å². The summed E-state index contributed by atoms with van der Waals surface area (Å²) in [6.45, 7) is 1.87. The molecule has 2 rings (SSSR count). The van der Waals surface area contributed by atoms with Gasteiger partial charge in [0.1, 0.15) is 0 Å². The number of halogens is 1. The first-order valence-corrected chi connectivity index (χ1v) is 8.64. The highest BCUT2D eigenvalue weighted by Gasteiger charge is 2.15. The fraction of sp³-hybridized carbons (Fsp3) is 0.0667. The smallest absolute Gasteiger partial charge is 0.266 e. The van der Waals surface area contributed by atoms with Crippen LogP contribution in [0.25, 0.3) is 6.08 Å². The van der Waals surface area contributed by atoms with Gasteiger partial charge in [0, 0.05) is 10.7 Å². The van der Waals surface area contributed by atoms with E-state index < -0.39 is 15.9 Å². The lowest BCUT2D eigenvalue weighted by molar-refractivity contribution is 0.0981. The van der Waals surface area contributed by atoms with Crippen LogP contribution in [-0.4, -0.2) is 19.3 Å². The van der Waals surface area contributed by atoms with Gasteiger partial charge in [0.05, 0.1) is 16.7 Å². The van der Waals surface area contributed by atoms with Crippen molar-refractivity contribution in [1.29, 1.82) is 0 Å². The number of sulfonamides is 1. The molecule has 0 aliphatic heterocycles. The molecule has 2 aromatic rings. The van der Waals surface area contributed by atoms with Crippen molar-refractivity contribution >= 4 is 37.9 Å². The monoisotopic (exact) mass is 380 g/mol. The second-order valence-corrected chi connectivity index (χ2v) is 6.94. The summed E-state index contributed by atoms with van der Waals surface area (Å²) in [5.41, 5.74) is 1.69. The van der Waals surface area contributed by atoms with Gasteiger partial charge in [-0.3, -0.25) is 9.78 Å². The van der Waals surface area contributed by atoms with Gasteiger partial charge in [-0.2, -0.15) is 0 Å². The van der Waals surface area contributed by atoms with Crippen LogP contribution >= 0.6 is 15.9 Å². The number of amides is 1. The van der Waals surface area contributed by atoms with E-state index in [2.05, 4.69) is 20.9 Å². The van der Waals surface area contributed by atoms with Crippen LogP contribution in [0.5, 0.6) is 0 Å². The Kier molecular flexibility index (Phi) is 5.10. The van der Waals surface area contributed by atoms with Gasteiger partial charge in [-0.05, 0) is 58.8 Å². The predicted molar refractivity (Wildman–Crippen MR) is 88.5 cm³/mol. The molecule has 0 atom stereocenters. The average molecular weight is 381 g/mol. The SMILES string of the molecule is Cc1ccc(C(=O)NS(=O)(=O)/C=C/c2ccccn2)c(Br)c1. The fourth-order valence-electron chi connectivity index (χ4n) is 1.66. The predicted octanol–water partition coefficient (Wildman–Crippen LogP) is 2.88. The molecule has 0 spiro atoms. The first-order valence-electron chi connectivity index (χ1n) is 6.30. The highest BCUT2D eigenvalue weighted by Crippen LogP contribution is 2.18. The zero-order chi connectivity index (χ0) is 16.2. The number of hydrogen-bond donors (Lipinski definition) is 1. The third kappa shape index (κ3) is 4.51. The van der Waals surface area contributed by atoms with Gasteiger partial charge in [-0.1, -0.05) is 12.1 Å². The number of rotatable bonds is 4. The van der Waals surface area contributed by atoms with Crippen molar-refractivity contribution in [2.75, 3.05) is 0 Å². The van der Waals surface area contributed by atoms with E-state index in [9.17, 15) is 13.2 Å². The maximum atomic E-state index is 12.0. The maximum Gasteiger partial charge on any atom is 0.266 e. The van der Waals surface area contributed by atoms with Gasteiger partial charge in [0.25, 0.3) is 15.9 Å². The quantitative estimate of drug-likeness (QED) is 0.884. The zero-order valence-electron chi connectivity index (χ0n) is 11.7. The third-order valence-corrected chi connectivity index (χ3v) is 4.33. The number of benzene rings is 1. The molecular weight excluding hydrogens is 368 g/mol. The van der Waals surface area contributed by atoms with Crippen molar-refractivity contribution in [2.45, 2.75) is 6.92 Å². The molecular formula is C15H13BrN2O3S. The Morgan fingerprint density at radius 1 is 1.27 bits per heavy atom. The van der Waals surface area contributed by atoms with Crippen LogP contribution in [0, 0.1) is 6.92 Å². The molecule has 0 saturated carbocycles. The number of carbonyl (C=O) groups is 1. The van der Waals surface area contributed by atoms with Crippen molar-refractivity contribution in [3.8, 4) is 0 Å². The Balaban J connectivity index is 2.14. The lowest BCUT2D eigenvalue weighted by Gasteiger charge is -2.06. The number of nitrogens with one attached hydrogen (secondary N) is 1. The first-order chi connectivity index (χ1) is 10.4. The van der Waals surface area contributed by atoms with Crippen molar-refractivity contribution in [1.82, 2.24) is 9.71 Å². The topological polar surface area (TPSA) is 76.1 Å². The van der Waals surface area contributed by atoms with Crippen LogP contribution in [0.4, 0.5) is 0 Å². The minimum absolute atomic E-state index is 0.250. The van der Waals surface area contributed by atoms with Gasteiger partial charge < -0.3 is 0 Å². The summed E-state index contributed by atoms with van der Waals surface area (Å²) < 4.78 is 26.3. The van der Waals surface area contributed by atoms with E-state index >= 15 is 0 Å². The molecule has 7 heteroatoms. The number of carbonyl (C=O) groups excluding carboxylic acids is 1. The number of aromatic nitrogens is 1. The van der Waals surface area contributed by atoms with Gasteiger partial charge >= 0.3 is 0 Å². The van der Waals surface area contributed by atoms with Crippen molar-refractivity contribution in [3.63, 3.8) is 0 Å². The number of aryl methyl sites for hydroxylation is 1. The second kappa shape index (κ2) is 6.85. The summed E-state index contributed by atoms with van der Waals surface area (Å²) in [5.74, 6) is -0.697. The molecule has 5 nitrogen and oxygen atoms in total. The highest BCUT2D eigenvalue weighted by atomic mass is 79.9. The van der Waals surface area contributed by atoms with E-state index in [4.69, 9.17) is 0 Å². The number of hydrogen-bond acceptors (Lipinski definition) is 4. The minimum Gasteiger partial charge on any atom is -0.268 e. The van der Waals surface area contributed by atoms with Crippen LogP contribution in [-0.2, 0) is 10.0 Å². The largest absolute Gasteiger partial charge is 0.268 e. The van der Waals surface area contributed by atoms with Crippen LogP contribution in [0.1, 0.15) is 21.6 Å². The molecule has 1 N–H and O–H groups in total. The summed E-state index contributed by atoms with van der Waals surface area (Å²) in [5, 5.41) is 0.912. The van der Waals surface area contributed by atoms with Gasteiger partial charge in [-0.25, -0.2) is 13.1 Å².